The molecule has 0 aliphatic rings. The number of aryl methyl sites for hydroxylation is 1. The largest absolute Gasteiger partial charge is 0.489 e. The third-order valence-corrected chi connectivity index (χ3v) is 4.28. The maximum Gasteiger partial charge on any atom is 0.211 e. The Bertz CT molecular complexity index is 802. The van der Waals surface area contributed by atoms with Gasteiger partial charge in [-0.3, -0.25) is 4.79 Å². The monoisotopic (exact) mass is 369 g/mol. The predicted octanol–water partition coefficient (Wildman–Crippen LogP) is 4.19. The van der Waals surface area contributed by atoms with E-state index in [1.54, 1.807) is 12.5 Å². The van der Waals surface area contributed by atoms with Gasteiger partial charge in [0.25, 0.3) is 0 Å². The molecule has 134 valence electrons. The SMILES string of the molecule is O=CNc1ccc(OC(CCc2ccc(Cl)cc2)Cn2ccnc2)cc1. The van der Waals surface area contributed by atoms with Crippen molar-refractivity contribution >= 4 is 23.7 Å². The maximum absolute atomic E-state index is 10.5. The molecule has 3 rings (SSSR count). The molecule has 0 radical (unpaired) electrons. The van der Waals surface area contributed by atoms with E-state index in [9.17, 15) is 4.79 Å². The summed E-state index contributed by atoms with van der Waals surface area (Å²) < 4.78 is 8.18. The number of amides is 1. The molecule has 5 nitrogen and oxygen atoms in total. The fourth-order valence-electron chi connectivity index (χ4n) is 2.69. The number of benzene rings is 2. The van der Waals surface area contributed by atoms with Crippen molar-refractivity contribution < 1.29 is 9.53 Å². The average molecular weight is 370 g/mol. The van der Waals surface area contributed by atoms with Crippen LogP contribution in [0.25, 0.3) is 0 Å². The molecule has 0 saturated carbocycles. The molecular weight excluding hydrogens is 350 g/mol. The van der Waals surface area contributed by atoms with Gasteiger partial charge in [-0.1, -0.05) is 23.7 Å². The van der Waals surface area contributed by atoms with Crippen molar-refractivity contribution in [1.29, 1.82) is 0 Å². The molecule has 0 bridgehead atoms. The van der Waals surface area contributed by atoms with Crippen molar-refractivity contribution in [2.75, 3.05) is 5.32 Å². The molecule has 0 saturated heterocycles. The number of halogens is 1. The van der Waals surface area contributed by atoms with Crippen LogP contribution >= 0.6 is 11.6 Å². The number of hydrogen-bond acceptors (Lipinski definition) is 3. The van der Waals surface area contributed by atoms with Crippen LogP contribution in [0.5, 0.6) is 5.75 Å². The number of ether oxygens (including phenoxy) is 1. The summed E-state index contributed by atoms with van der Waals surface area (Å²) in [5.74, 6) is 0.766. The van der Waals surface area contributed by atoms with E-state index >= 15 is 0 Å². The Morgan fingerprint density at radius 1 is 1.15 bits per heavy atom. The van der Waals surface area contributed by atoms with Gasteiger partial charge in [0.15, 0.2) is 0 Å². The predicted molar refractivity (Wildman–Crippen MR) is 103 cm³/mol. The Hall–Kier alpha value is -2.79. The van der Waals surface area contributed by atoms with Crippen molar-refractivity contribution in [3.8, 4) is 5.75 Å². The number of imidazole rings is 1. The van der Waals surface area contributed by atoms with Crippen LogP contribution in [-0.2, 0) is 17.8 Å². The van der Waals surface area contributed by atoms with E-state index < -0.39 is 0 Å². The Kier molecular flexibility index (Phi) is 6.28. The number of anilines is 1. The lowest BCUT2D eigenvalue weighted by atomic mass is 10.1. The number of nitrogens with one attached hydrogen (secondary N) is 1. The number of nitrogens with zero attached hydrogens (tertiary/aromatic N) is 2. The Labute approximate surface area is 157 Å². The van der Waals surface area contributed by atoms with Gasteiger partial charge in [-0.2, -0.15) is 0 Å². The molecule has 26 heavy (non-hydrogen) atoms. The smallest absolute Gasteiger partial charge is 0.211 e. The molecule has 1 N–H and O–H groups in total. The molecule has 1 atom stereocenters. The van der Waals surface area contributed by atoms with E-state index in [4.69, 9.17) is 16.3 Å². The first-order chi connectivity index (χ1) is 12.7. The van der Waals surface area contributed by atoms with Crippen molar-refractivity contribution in [3.63, 3.8) is 0 Å². The lowest BCUT2D eigenvalue weighted by molar-refractivity contribution is -0.105. The highest BCUT2D eigenvalue weighted by molar-refractivity contribution is 6.30. The van der Waals surface area contributed by atoms with E-state index in [1.165, 1.54) is 5.56 Å². The summed E-state index contributed by atoms with van der Waals surface area (Å²) >= 11 is 5.95. The van der Waals surface area contributed by atoms with Gasteiger partial charge in [0.05, 0.1) is 12.9 Å². The van der Waals surface area contributed by atoms with E-state index in [1.807, 2.05) is 59.3 Å². The number of rotatable bonds is 9. The molecular formula is C20H20ClN3O2. The summed E-state index contributed by atoms with van der Waals surface area (Å²) in [6.07, 6.45) is 7.87. The average Bonchev–Trinajstić information content (AvgIpc) is 3.16. The number of carbonyl (C=O) groups is 1. The molecule has 1 amide bonds. The van der Waals surface area contributed by atoms with Crippen molar-refractivity contribution in [3.05, 3.63) is 77.8 Å². The molecule has 3 aromatic rings. The molecule has 1 aromatic heterocycles. The molecule has 2 aromatic carbocycles. The molecule has 0 spiro atoms. The molecule has 0 aliphatic carbocycles. The van der Waals surface area contributed by atoms with Gasteiger partial charge in [0.2, 0.25) is 6.41 Å². The highest BCUT2D eigenvalue weighted by atomic mass is 35.5. The highest BCUT2D eigenvalue weighted by Gasteiger charge is 2.12. The fourth-order valence-corrected chi connectivity index (χ4v) is 2.81. The molecule has 0 aliphatic heterocycles. The first kappa shape index (κ1) is 18.0. The van der Waals surface area contributed by atoms with Crippen molar-refractivity contribution in [1.82, 2.24) is 9.55 Å². The van der Waals surface area contributed by atoms with Crippen LogP contribution in [0.15, 0.2) is 67.3 Å². The van der Waals surface area contributed by atoms with Gasteiger partial charge < -0.3 is 14.6 Å². The second-order valence-electron chi connectivity index (χ2n) is 5.95. The van der Waals surface area contributed by atoms with Gasteiger partial charge in [-0.15, -0.1) is 0 Å². The minimum absolute atomic E-state index is 0.00948. The molecule has 6 heteroatoms. The Balaban J connectivity index is 1.65. The van der Waals surface area contributed by atoms with E-state index in [-0.39, 0.29) is 6.10 Å². The zero-order valence-corrected chi connectivity index (χ0v) is 15.0. The van der Waals surface area contributed by atoms with Crippen LogP contribution in [-0.4, -0.2) is 22.1 Å². The zero-order valence-electron chi connectivity index (χ0n) is 14.2. The summed E-state index contributed by atoms with van der Waals surface area (Å²) in [6.45, 7) is 0.710. The minimum Gasteiger partial charge on any atom is -0.489 e. The van der Waals surface area contributed by atoms with Crippen LogP contribution in [0.2, 0.25) is 5.02 Å². The third kappa shape index (κ3) is 5.36. The molecule has 0 fully saturated rings. The van der Waals surface area contributed by atoms with Crippen LogP contribution in [0.4, 0.5) is 5.69 Å². The van der Waals surface area contributed by atoms with Crippen LogP contribution < -0.4 is 10.1 Å². The molecule has 1 heterocycles. The second-order valence-corrected chi connectivity index (χ2v) is 6.39. The van der Waals surface area contributed by atoms with E-state index in [0.29, 0.717) is 13.0 Å². The summed E-state index contributed by atoms with van der Waals surface area (Å²) in [5.41, 5.74) is 1.96. The molecule has 1 unspecified atom stereocenters. The van der Waals surface area contributed by atoms with Crippen molar-refractivity contribution in [2.24, 2.45) is 0 Å². The summed E-state index contributed by atoms with van der Waals surface area (Å²) in [7, 11) is 0. The van der Waals surface area contributed by atoms with Gasteiger partial charge in [-0.25, -0.2) is 4.98 Å². The van der Waals surface area contributed by atoms with Crippen LogP contribution in [0, 0.1) is 0 Å². The van der Waals surface area contributed by atoms with Gasteiger partial charge >= 0.3 is 0 Å². The van der Waals surface area contributed by atoms with Gasteiger partial charge in [0.1, 0.15) is 11.9 Å². The van der Waals surface area contributed by atoms with Crippen LogP contribution in [0.3, 0.4) is 0 Å². The zero-order chi connectivity index (χ0) is 18.2. The topological polar surface area (TPSA) is 56.1 Å². The first-order valence-electron chi connectivity index (χ1n) is 8.40. The minimum atomic E-state index is -0.00948. The summed E-state index contributed by atoms with van der Waals surface area (Å²) in [6, 6.07) is 15.2. The van der Waals surface area contributed by atoms with Crippen LogP contribution in [0.1, 0.15) is 12.0 Å². The van der Waals surface area contributed by atoms with Gasteiger partial charge in [0, 0.05) is 23.1 Å². The summed E-state index contributed by atoms with van der Waals surface area (Å²) in [4.78, 5) is 14.6. The standard InChI is InChI=1S/C20H20ClN3O2/c21-17-4-1-16(2-5-17)3-8-20(13-24-12-11-22-14-24)26-19-9-6-18(7-10-19)23-15-25/h1-2,4-7,9-12,14-15,20H,3,8,13H2,(H,23,25). The normalized spacial score (nSPS) is 11.7. The number of carbonyl (C=O) groups excluding carboxylic acids is 1. The Morgan fingerprint density at radius 3 is 2.58 bits per heavy atom. The lowest BCUT2D eigenvalue weighted by Gasteiger charge is -2.20. The lowest BCUT2D eigenvalue weighted by Crippen LogP contribution is -2.23. The number of aromatic nitrogens is 2. The second kappa shape index (κ2) is 9.06. The quantitative estimate of drug-likeness (QED) is 0.575. The van der Waals surface area contributed by atoms with E-state index in [0.717, 1.165) is 29.3 Å². The van der Waals surface area contributed by atoms with Gasteiger partial charge in [-0.05, 0) is 54.8 Å². The maximum atomic E-state index is 10.5. The van der Waals surface area contributed by atoms with E-state index in [2.05, 4.69) is 10.3 Å². The number of hydrogen-bond donors (Lipinski definition) is 1. The van der Waals surface area contributed by atoms with Crippen molar-refractivity contribution in [2.45, 2.75) is 25.5 Å². The summed E-state index contributed by atoms with van der Waals surface area (Å²) in [5, 5.41) is 3.36. The fraction of sp³-hybridized carbons (Fsp3) is 0.200. The highest BCUT2D eigenvalue weighted by Crippen LogP contribution is 2.20. The Morgan fingerprint density at radius 2 is 1.92 bits per heavy atom. The third-order valence-electron chi connectivity index (χ3n) is 4.02. The first-order valence-corrected chi connectivity index (χ1v) is 8.78.